The van der Waals surface area contributed by atoms with Crippen LogP contribution in [0.5, 0.6) is 5.75 Å². The molecule has 1 aliphatic carbocycles. The number of halogens is 1. The summed E-state index contributed by atoms with van der Waals surface area (Å²) in [6, 6.07) is 5.37. The molecule has 0 aromatic heterocycles. The monoisotopic (exact) mass is 322 g/mol. The standard InChI is InChI=1S/C17H19FO5/c1-11(22-14-8-6-13(18)7-9-14)16(19)23-15-5-3-4-12(10-15)17(20)21-2/h3,5-9,11-12,15H,4,10H2,1-2H3/t11-,12-,15-/m1/s1. The molecular weight excluding hydrogens is 303 g/mol. The van der Waals surface area contributed by atoms with Gasteiger partial charge in [-0.3, -0.25) is 4.79 Å². The Morgan fingerprint density at radius 3 is 2.61 bits per heavy atom. The number of esters is 2. The van der Waals surface area contributed by atoms with E-state index in [0.29, 0.717) is 18.6 Å². The lowest BCUT2D eigenvalue weighted by molar-refractivity contribution is -0.158. The highest BCUT2D eigenvalue weighted by atomic mass is 19.1. The van der Waals surface area contributed by atoms with E-state index in [0.717, 1.165) is 0 Å². The predicted octanol–water partition coefficient (Wildman–Crippen LogP) is 2.64. The van der Waals surface area contributed by atoms with Gasteiger partial charge in [0, 0.05) is 6.42 Å². The number of carbonyl (C=O) groups is 2. The van der Waals surface area contributed by atoms with Crippen LogP contribution in [0.15, 0.2) is 36.4 Å². The van der Waals surface area contributed by atoms with E-state index in [4.69, 9.17) is 14.2 Å². The van der Waals surface area contributed by atoms with Crippen molar-refractivity contribution in [2.75, 3.05) is 7.11 Å². The highest BCUT2D eigenvalue weighted by Gasteiger charge is 2.28. The number of benzene rings is 1. The number of methoxy groups -OCH3 is 1. The van der Waals surface area contributed by atoms with Crippen molar-refractivity contribution < 1.29 is 28.2 Å². The number of hydrogen-bond donors (Lipinski definition) is 0. The van der Waals surface area contributed by atoms with E-state index < -0.39 is 18.2 Å². The van der Waals surface area contributed by atoms with Gasteiger partial charge in [-0.25, -0.2) is 9.18 Å². The van der Waals surface area contributed by atoms with E-state index in [9.17, 15) is 14.0 Å². The van der Waals surface area contributed by atoms with Gasteiger partial charge in [0.1, 0.15) is 17.7 Å². The molecule has 0 bridgehead atoms. The van der Waals surface area contributed by atoms with Gasteiger partial charge in [-0.1, -0.05) is 6.08 Å². The minimum atomic E-state index is -0.840. The van der Waals surface area contributed by atoms with Crippen molar-refractivity contribution in [1.82, 2.24) is 0 Å². The van der Waals surface area contributed by atoms with Crippen LogP contribution >= 0.6 is 0 Å². The normalized spacial score (nSPS) is 21.3. The minimum absolute atomic E-state index is 0.309. The van der Waals surface area contributed by atoms with Crippen molar-refractivity contribution in [3.63, 3.8) is 0 Å². The highest BCUT2D eigenvalue weighted by molar-refractivity contribution is 5.75. The van der Waals surface area contributed by atoms with Gasteiger partial charge >= 0.3 is 11.9 Å². The van der Waals surface area contributed by atoms with Gasteiger partial charge in [-0.2, -0.15) is 0 Å². The number of allylic oxidation sites excluding steroid dienone is 1. The van der Waals surface area contributed by atoms with Gasteiger partial charge in [0.2, 0.25) is 0 Å². The second kappa shape index (κ2) is 7.76. The average Bonchev–Trinajstić information content (AvgIpc) is 2.56. The number of carbonyl (C=O) groups excluding carboxylic acids is 2. The molecular formula is C17H19FO5. The third-order valence-corrected chi connectivity index (χ3v) is 3.55. The van der Waals surface area contributed by atoms with Crippen LogP contribution in [0.1, 0.15) is 19.8 Å². The molecule has 0 aliphatic heterocycles. The third-order valence-electron chi connectivity index (χ3n) is 3.55. The smallest absolute Gasteiger partial charge is 0.347 e. The number of ether oxygens (including phenoxy) is 3. The van der Waals surface area contributed by atoms with Crippen molar-refractivity contribution >= 4 is 11.9 Å². The molecule has 0 saturated carbocycles. The fourth-order valence-corrected chi connectivity index (χ4v) is 2.31. The summed E-state index contributed by atoms with van der Waals surface area (Å²) in [5, 5.41) is 0. The Labute approximate surface area is 134 Å². The maximum absolute atomic E-state index is 12.8. The zero-order valence-electron chi connectivity index (χ0n) is 13.0. The molecule has 2 rings (SSSR count). The largest absolute Gasteiger partial charge is 0.479 e. The quantitative estimate of drug-likeness (QED) is 0.616. The minimum Gasteiger partial charge on any atom is -0.479 e. The first-order valence-electron chi connectivity index (χ1n) is 7.36. The molecule has 3 atom stereocenters. The Morgan fingerprint density at radius 1 is 1.26 bits per heavy atom. The Hall–Kier alpha value is -2.37. The van der Waals surface area contributed by atoms with Gasteiger partial charge in [0.05, 0.1) is 13.0 Å². The zero-order chi connectivity index (χ0) is 16.8. The van der Waals surface area contributed by atoms with Crippen molar-refractivity contribution in [1.29, 1.82) is 0 Å². The lowest BCUT2D eigenvalue weighted by Gasteiger charge is -2.24. The third kappa shape index (κ3) is 4.81. The molecule has 0 N–H and O–H groups in total. The summed E-state index contributed by atoms with van der Waals surface area (Å²) in [4.78, 5) is 23.6. The first kappa shape index (κ1) is 17.0. The molecule has 0 heterocycles. The van der Waals surface area contributed by atoms with Crippen molar-refractivity contribution in [3.05, 3.63) is 42.2 Å². The first-order valence-corrected chi connectivity index (χ1v) is 7.36. The van der Waals surface area contributed by atoms with Crippen LogP contribution in [0.2, 0.25) is 0 Å². The molecule has 6 heteroatoms. The fourth-order valence-electron chi connectivity index (χ4n) is 2.31. The fraction of sp³-hybridized carbons (Fsp3) is 0.412. The maximum atomic E-state index is 12.8. The van der Waals surface area contributed by atoms with Gasteiger partial charge in [0.15, 0.2) is 6.10 Å². The highest BCUT2D eigenvalue weighted by Crippen LogP contribution is 2.23. The van der Waals surface area contributed by atoms with Gasteiger partial charge < -0.3 is 14.2 Å². The summed E-state index contributed by atoms with van der Waals surface area (Å²) in [6.07, 6.45) is 3.18. The summed E-state index contributed by atoms with van der Waals surface area (Å²) in [5.74, 6) is -1.17. The molecule has 0 radical (unpaired) electrons. The predicted molar refractivity (Wildman–Crippen MR) is 80.3 cm³/mol. The van der Waals surface area contributed by atoms with Crippen LogP contribution in [0, 0.1) is 11.7 Å². The lowest BCUT2D eigenvalue weighted by Crippen LogP contribution is -2.32. The molecule has 23 heavy (non-hydrogen) atoms. The Bertz CT molecular complexity index is 581. The Morgan fingerprint density at radius 2 is 1.96 bits per heavy atom. The van der Waals surface area contributed by atoms with E-state index in [1.807, 2.05) is 0 Å². The summed E-state index contributed by atoms with van der Waals surface area (Å²) >= 11 is 0. The lowest BCUT2D eigenvalue weighted by atomic mass is 9.92. The zero-order valence-corrected chi connectivity index (χ0v) is 13.0. The second-order valence-electron chi connectivity index (χ2n) is 5.31. The van der Waals surface area contributed by atoms with Crippen molar-refractivity contribution in [3.8, 4) is 5.75 Å². The van der Waals surface area contributed by atoms with Gasteiger partial charge in [0.25, 0.3) is 0 Å². The Kier molecular flexibility index (Phi) is 5.73. The van der Waals surface area contributed by atoms with E-state index in [-0.39, 0.29) is 17.7 Å². The van der Waals surface area contributed by atoms with Crippen LogP contribution in [-0.2, 0) is 19.1 Å². The molecule has 0 spiro atoms. The van der Waals surface area contributed by atoms with Gasteiger partial charge in [-0.15, -0.1) is 0 Å². The van der Waals surface area contributed by atoms with Crippen molar-refractivity contribution in [2.24, 2.45) is 5.92 Å². The van der Waals surface area contributed by atoms with Crippen LogP contribution in [0.25, 0.3) is 0 Å². The Balaban J connectivity index is 1.88. The topological polar surface area (TPSA) is 61.8 Å². The first-order chi connectivity index (χ1) is 11.0. The summed E-state index contributed by atoms with van der Waals surface area (Å²) in [7, 11) is 1.33. The summed E-state index contributed by atoms with van der Waals surface area (Å²) in [6.45, 7) is 1.55. The molecule has 5 nitrogen and oxygen atoms in total. The van der Waals surface area contributed by atoms with Crippen LogP contribution in [-0.4, -0.2) is 31.3 Å². The van der Waals surface area contributed by atoms with E-state index in [1.165, 1.54) is 31.4 Å². The van der Waals surface area contributed by atoms with E-state index in [2.05, 4.69) is 0 Å². The second-order valence-corrected chi connectivity index (χ2v) is 5.31. The van der Waals surface area contributed by atoms with Gasteiger partial charge in [-0.05, 0) is 43.7 Å². The molecule has 0 unspecified atom stereocenters. The molecule has 124 valence electrons. The number of hydrogen-bond acceptors (Lipinski definition) is 5. The van der Waals surface area contributed by atoms with Crippen molar-refractivity contribution in [2.45, 2.75) is 32.0 Å². The van der Waals surface area contributed by atoms with Crippen LogP contribution in [0.4, 0.5) is 4.39 Å². The van der Waals surface area contributed by atoms with Crippen LogP contribution < -0.4 is 4.74 Å². The average molecular weight is 322 g/mol. The molecule has 0 amide bonds. The molecule has 0 saturated heterocycles. The molecule has 0 fully saturated rings. The SMILES string of the molecule is COC(=O)[C@@H]1CC=C[C@@H](OC(=O)[C@@H](C)Oc2ccc(F)cc2)C1. The van der Waals surface area contributed by atoms with E-state index in [1.54, 1.807) is 19.1 Å². The maximum Gasteiger partial charge on any atom is 0.347 e. The van der Waals surface area contributed by atoms with Crippen LogP contribution in [0.3, 0.4) is 0 Å². The van der Waals surface area contributed by atoms with E-state index >= 15 is 0 Å². The number of rotatable bonds is 5. The summed E-state index contributed by atoms with van der Waals surface area (Å²) in [5.41, 5.74) is 0. The molecule has 1 aromatic rings. The summed E-state index contributed by atoms with van der Waals surface area (Å²) < 4.78 is 28.3. The molecule has 1 aromatic carbocycles. The molecule has 1 aliphatic rings.